The topological polar surface area (TPSA) is 43.1 Å². The minimum absolute atomic E-state index is 0. The van der Waals surface area contributed by atoms with E-state index in [-0.39, 0.29) is 35.4 Å². The maximum absolute atomic E-state index is 8.92. The van der Waals surface area contributed by atoms with E-state index in [1.165, 1.54) is 6.29 Å². The molecule has 6 heavy (non-hydrogen) atoms. The first-order valence-corrected chi connectivity index (χ1v) is 0.966. The molecule has 0 fully saturated rings. The monoisotopic (exact) mass is 152 g/mol. The molecule has 0 amide bonds. The van der Waals surface area contributed by atoms with Crippen molar-refractivity contribution in [2.24, 2.45) is 5.73 Å². The first-order valence-electron chi connectivity index (χ1n) is 0.966. The van der Waals surface area contributed by atoms with Crippen molar-refractivity contribution in [2.75, 3.05) is 6.54 Å². The Morgan fingerprint density at radius 1 is 1.67 bits per heavy atom. The Bertz CT molecular complexity index is 27.5. The third-order valence-corrected chi connectivity index (χ3v) is 0.0833. The van der Waals surface area contributed by atoms with Crippen molar-refractivity contribution in [3.05, 3.63) is 0 Å². The van der Waals surface area contributed by atoms with Gasteiger partial charge in [0.15, 0.2) is 0 Å². The quantitative estimate of drug-likeness (QED) is 0.406. The molecule has 0 saturated carbocycles. The van der Waals surface area contributed by atoms with Gasteiger partial charge in [0.2, 0.25) is 0 Å². The molecule has 0 bridgehead atoms. The van der Waals surface area contributed by atoms with Crippen LogP contribution in [-0.4, -0.2) is 12.8 Å². The molecule has 0 aliphatic heterocycles. The summed E-state index contributed by atoms with van der Waals surface area (Å²) in [6, 6.07) is 0. The van der Waals surface area contributed by atoms with Crippen LogP contribution in [0.15, 0.2) is 0 Å². The molecule has 0 aromatic heterocycles. The van der Waals surface area contributed by atoms with Crippen molar-refractivity contribution in [1.82, 2.24) is 0 Å². The van der Waals surface area contributed by atoms with E-state index < -0.39 is 0 Å². The molecule has 4 heteroatoms. The van der Waals surface area contributed by atoms with Crippen LogP contribution in [0.2, 0.25) is 0 Å². The third-order valence-electron chi connectivity index (χ3n) is 0.0833. The maximum atomic E-state index is 8.92. The molecule has 2 nitrogen and oxygen atoms in total. The van der Waals surface area contributed by atoms with Gasteiger partial charge in [-0.05, 0) is 0 Å². The van der Waals surface area contributed by atoms with E-state index in [9.17, 15) is 0 Å². The van der Waals surface area contributed by atoms with Gasteiger partial charge in [-0.25, -0.2) is 0 Å². The van der Waals surface area contributed by atoms with Crippen LogP contribution in [0.1, 0.15) is 0 Å². The fourth-order valence-corrected chi connectivity index (χ4v) is 0. The van der Waals surface area contributed by atoms with Crippen LogP contribution >= 0.6 is 12.4 Å². The van der Waals surface area contributed by atoms with Crippen LogP contribution in [0.4, 0.5) is 0 Å². The zero-order valence-electron chi connectivity index (χ0n) is 2.92. The number of carbonyl (C=O) groups excluding carboxylic acids is 1. The predicted octanol–water partition coefficient (Wildman–Crippen LogP) is -0.526. The summed E-state index contributed by atoms with van der Waals surface area (Å²) in [5.74, 6) is 0. The molecule has 42 valence electrons. The van der Waals surface area contributed by atoms with E-state index in [0.29, 0.717) is 0 Å². The Labute approximate surface area is 52.8 Å². The van der Waals surface area contributed by atoms with Crippen LogP contribution in [-0.2, 0) is 21.3 Å². The average Bonchev–Trinajstić information content (AvgIpc) is 1.37. The molecule has 0 aromatic rings. The summed E-state index contributed by atoms with van der Waals surface area (Å²) >= 11 is 0. The number of rotatable bonds is 1. The van der Waals surface area contributed by atoms with Crippen molar-refractivity contribution in [3.63, 3.8) is 0 Å². The molecular formula is C2H5ClNNiO-. The molecule has 0 heterocycles. The van der Waals surface area contributed by atoms with Gasteiger partial charge in [-0.1, -0.05) is 0 Å². The molecule has 0 spiro atoms. The van der Waals surface area contributed by atoms with Gasteiger partial charge in [0.05, 0.1) is 0 Å². The summed E-state index contributed by atoms with van der Waals surface area (Å²) < 4.78 is 0. The van der Waals surface area contributed by atoms with Crippen molar-refractivity contribution in [3.8, 4) is 0 Å². The van der Waals surface area contributed by atoms with Crippen molar-refractivity contribution in [2.45, 2.75) is 0 Å². The standard InChI is InChI=1S/C2H4NO.ClH.Ni/c3-1-2-4;;/h1,3H2;1H;/q-1;;. The zero-order chi connectivity index (χ0) is 3.41. The van der Waals surface area contributed by atoms with Crippen LogP contribution in [0, 0.1) is 0 Å². The van der Waals surface area contributed by atoms with Gasteiger partial charge >= 0.3 is 0 Å². The molecule has 0 unspecified atom stereocenters. The third kappa shape index (κ3) is 25.7. The molecule has 0 rings (SSSR count). The largest absolute Gasteiger partial charge is 0.541 e. The van der Waals surface area contributed by atoms with Gasteiger partial charge in [-0.3, -0.25) is 6.29 Å². The molecule has 0 aromatic carbocycles. The molecule has 0 saturated heterocycles. The van der Waals surface area contributed by atoms with E-state index in [2.05, 4.69) is 5.73 Å². The average molecular weight is 153 g/mol. The first kappa shape index (κ1) is 16.1. The van der Waals surface area contributed by atoms with Gasteiger partial charge < -0.3 is 10.5 Å². The van der Waals surface area contributed by atoms with Gasteiger partial charge in [0.25, 0.3) is 0 Å². The molecule has 0 atom stereocenters. The molecular weight excluding hydrogens is 148 g/mol. The summed E-state index contributed by atoms with van der Waals surface area (Å²) in [7, 11) is 0. The summed E-state index contributed by atoms with van der Waals surface area (Å²) in [5.41, 5.74) is 4.60. The summed E-state index contributed by atoms with van der Waals surface area (Å²) in [6.45, 7) is 0.0139. The zero-order valence-corrected chi connectivity index (χ0v) is 4.72. The van der Waals surface area contributed by atoms with Gasteiger partial charge in [0.1, 0.15) is 0 Å². The molecule has 2 N–H and O–H groups in total. The van der Waals surface area contributed by atoms with E-state index in [1.54, 1.807) is 0 Å². The van der Waals surface area contributed by atoms with E-state index in [4.69, 9.17) is 4.79 Å². The van der Waals surface area contributed by atoms with Crippen molar-refractivity contribution < 1.29 is 21.3 Å². The number of hydrogen-bond donors (Lipinski definition) is 1. The summed E-state index contributed by atoms with van der Waals surface area (Å²) in [4.78, 5) is 8.92. The number of halogens is 1. The van der Waals surface area contributed by atoms with E-state index in [1.807, 2.05) is 0 Å². The van der Waals surface area contributed by atoms with Crippen LogP contribution in [0.3, 0.4) is 0 Å². The number of hydrogen-bond acceptors (Lipinski definition) is 2. The Kier molecular flexibility index (Phi) is 48.7. The minimum Gasteiger partial charge on any atom is -0.541 e. The van der Waals surface area contributed by atoms with E-state index in [0.717, 1.165) is 0 Å². The van der Waals surface area contributed by atoms with Gasteiger partial charge in [0, 0.05) is 16.5 Å². The van der Waals surface area contributed by atoms with Gasteiger partial charge in [-0.2, -0.15) is 0 Å². The Morgan fingerprint density at radius 2 is 1.83 bits per heavy atom. The first-order chi connectivity index (χ1) is 1.91. The Morgan fingerprint density at radius 3 is 1.83 bits per heavy atom. The molecule has 0 aliphatic carbocycles. The second-order valence-electron chi connectivity index (χ2n) is 0.348. The second-order valence-corrected chi connectivity index (χ2v) is 0.348. The minimum atomic E-state index is 0. The molecule has 0 radical (unpaired) electrons. The predicted molar refractivity (Wildman–Crippen MR) is 22.0 cm³/mol. The normalized spacial score (nSPS) is 4.17. The molecule has 0 aliphatic rings. The Balaban J connectivity index is -0.0000000450. The SMILES string of the molecule is Cl.NC[C-]=O.[Ni]. The van der Waals surface area contributed by atoms with Crippen LogP contribution < -0.4 is 5.73 Å². The van der Waals surface area contributed by atoms with E-state index >= 15 is 0 Å². The maximum Gasteiger partial charge on any atom is 0 e. The van der Waals surface area contributed by atoms with Gasteiger partial charge in [-0.15, -0.1) is 19.0 Å². The summed E-state index contributed by atoms with van der Waals surface area (Å²) in [6.07, 6.45) is 1.46. The second kappa shape index (κ2) is 18.1. The van der Waals surface area contributed by atoms with Crippen molar-refractivity contribution in [1.29, 1.82) is 0 Å². The smallest absolute Gasteiger partial charge is 0 e. The van der Waals surface area contributed by atoms with Crippen molar-refractivity contribution >= 4 is 18.7 Å². The fourth-order valence-electron chi connectivity index (χ4n) is 0. The Hall–Kier alpha value is 0.414. The van der Waals surface area contributed by atoms with Crippen LogP contribution in [0.25, 0.3) is 0 Å². The summed E-state index contributed by atoms with van der Waals surface area (Å²) in [5, 5.41) is 0. The number of nitrogens with two attached hydrogens (primary N) is 1. The van der Waals surface area contributed by atoms with Crippen LogP contribution in [0.5, 0.6) is 0 Å². The fraction of sp³-hybridized carbons (Fsp3) is 0.500.